The second-order valence-electron chi connectivity index (χ2n) is 5.77. The lowest BCUT2D eigenvalue weighted by molar-refractivity contribution is 0.295. The van der Waals surface area contributed by atoms with Gasteiger partial charge in [-0.3, -0.25) is 4.99 Å². The Hall–Kier alpha value is -0.730. The molecule has 1 fully saturated rings. The summed E-state index contributed by atoms with van der Waals surface area (Å²) in [7, 11) is 0. The molecule has 0 spiro atoms. The molecule has 3 nitrogen and oxygen atoms in total. The van der Waals surface area contributed by atoms with E-state index in [0.717, 1.165) is 12.5 Å². The molecule has 0 aromatic rings. The van der Waals surface area contributed by atoms with Crippen LogP contribution in [-0.4, -0.2) is 18.5 Å². The van der Waals surface area contributed by atoms with Gasteiger partial charge in [0.25, 0.3) is 0 Å². The van der Waals surface area contributed by atoms with Gasteiger partial charge < -0.3 is 11.1 Å². The Kier molecular flexibility index (Phi) is 6.38. The summed E-state index contributed by atoms with van der Waals surface area (Å²) in [6.45, 7) is 7.42. The summed E-state index contributed by atoms with van der Waals surface area (Å²) in [6.07, 6.45) is 7.92. The van der Waals surface area contributed by atoms with Crippen LogP contribution in [0.25, 0.3) is 0 Å². The van der Waals surface area contributed by atoms with Gasteiger partial charge in [-0.25, -0.2) is 0 Å². The van der Waals surface area contributed by atoms with E-state index in [1.165, 1.54) is 38.5 Å². The first-order valence-electron chi connectivity index (χ1n) is 7.18. The van der Waals surface area contributed by atoms with Crippen LogP contribution in [0.5, 0.6) is 0 Å². The zero-order valence-electron chi connectivity index (χ0n) is 11.7. The first kappa shape index (κ1) is 14.3. The summed E-state index contributed by atoms with van der Waals surface area (Å²) in [4.78, 5) is 4.36. The van der Waals surface area contributed by atoms with Crippen LogP contribution in [0.15, 0.2) is 4.99 Å². The molecule has 1 aliphatic carbocycles. The third-order valence-electron chi connectivity index (χ3n) is 3.52. The molecule has 3 heteroatoms. The zero-order chi connectivity index (χ0) is 12.7. The highest BCUT2D eigenvalue weighted by atomic mass is 15.1. The van der Waals surface area contributed by atoms with Gasteiger partial charge in [0, 0.05) is 12.6 Å². The molecular formula is C14H29N3. The monoisotopic (exact) mass is 239 g/mol. The molecule has 0 aliphatic heterocycles. The molecule has 0 heterocycles. The normalized spacial score (nSPS) is 26.2. The van der Waals surface area contributed by atoms with Crippen molar-refractivity contribution in [1.29, 1.82) is 0 Å². The predicted octanol–water partition coefficient (Wildman–Crippen LogP) is 2.91. The minimum absolute atomic E-state index is 0.555. The number of rotatable bonds is 5. The van der Waals surface area contributed by atoms with Crippen molar-refractivity contribution in [2.24, 2.45) is 22.6 Å². The Morgan fingerprint density at radius 2 is 1.94 bits per heavy atom. The maximum absolute atomic E-state index is 5.89. The van der Waals surface area contributed by atoms with Crippen LogP contribution in [0.2, 0.25) is 0 Å². The van der Waals surface area contributed by atoms with Crippen LogP contribution in [0.1, 0.15) is 59.3 Å². The first-order valence-corrected chi connectivity index (χ1v) is 7.18. The fourth-order valence-electron chi connectivity index (χ4n) is 2.54. The molecule has 17 heavy (non-hydrogen) atoms. The van der Waals surface area contributed by atoms with Crippen molar-refractivity contribution in [2.45, 2.75) is 65.3 Å². The molecule has 0 radical (unpaired) electrons. The minimum atomic E-state index is 0.555. The Bertz CT molecular complexity index is 228. The highest BCUT2D eigenvalue weighted by Gasteiger charge is 2.20. The molecule has 100 valence electrons. The molecule has 1 rings (SSSR count). The average molecular weight is 239 g/mol. The summed E-state index contributed by atoms with van der Waals surface area (Å²) >= 11 is 0. The van der Waals surface area contributed by atoms with Crippen LogP contribution in [-0.2, 0) is 0 Å². The summed E-state index contributed by atoms with van der Waals surface area (Å²) in [5.41, 5.74) is 5.89. The second-order valence-corrected chi connectivity index (χ2v) is 5.77. The standard InChI is InChI=1S/C14H29N3/c1-4-5-12-6-8-13(9-7-12)17-14(15)16-10-11(2)3/h11-13H,4-10H2,1-3H3,(H3,15,16,17). The molecule has 0 atom stereocenters. The predicted molar refractivity (Wildman–Crippen MR) is 75.1 cm³/mol. The Morgan fingerprint density at radius 3 is 2.47 bits per heavy atom. The highest BCUT2D eigenvalue weighted by molar-refractivity contribution is 5.78. The van der Waals surface area contributed by atoms with Gasteiger partial charge in [-0.2, -0.15) is 0 Å². The van der Waals surface area contributed by atoms with E-state index in [9.17, 15) is 0 Å². The van der Waals surface area contributed by atoms with Crippen LogP contribution >= 0.6 is 0 Å². The number of nitrogens with two attached hydrogens (primary N) is 1. The van der Waals surface area contributed by atoms with Crippen LogP contribution in [0.3, 0.4) is 0 Å². The third kappa shape index (κ3) is 5.94. The van der Waals surface area contributed by atoms with Gasteiger partial charge in [0.1, 0.15) is 0 Å². The largest absolute Gasteiger partial charge is 0.370 e. The van der Waals surface area contributed by atoms with Gasteiger partial charge in [-0.15, -0.1) is 0 Å². The summed E-state index contributed by atoms with van der Waals surface area (Å²) in [6, 6.07) is 0.555. The lowest BCUT2D eigenvalue weighted by atomic mass is 9.83. The van der Waals surface area contributed by atoms with E-state index >= 15 is 0 Å². The van der Waals surface area contributed by atoms with Gasteiger partial charge in [-0.1, -0.05) is 33.6 Å². The van der Waals surface area contributed by atoms with Crippen molar-refractivity contribution in [2.75, 3.05) is 6.54 Å². The van der Waals surface area contributed by atoms with Crippen LogP contribution in [0, 0.1) is 11.8 Å². The molecule has 0 saturated heterocycles. The number of aliphatic imine (C=N–C) groups is 1. The van der Waals surface area contributed by atoms with Gasteiger partial charge in [0.15, 0.2) is 5.96 Å². The van der Waals surface area contributed by atoms with E-state index < -0.39 is 0 Å². The van der Waals surface area contributed by atoms with Gasteiger partial charge in [0.2, 0.25) is 0 Å². The van der Waals surface area contributed by atoms with Crippen LogP contribution in [0.4, 0.5) is 0 Å². The van der Waals surface area contributed by atoms with Crippen molar-refractivity contribution in [3.05, 3.63) is 0 Å². The number of hydrogen-bond acceptors (Lipinski definition) is 1. The van der Waals surface area contributed by atoms with E-state index in [4.69, 9.17) is 5.73 Å². The highest BCUT2D eigenvalue weighted by Crippen LogP contribution is 2.27. The van der Waals surface area contributed by atoms with Crippen molar-refractivity contribution in [3.8, 4) is 0 Å². The molecule has 0 amide bonds. The third-order valence-corrected chi connectivity index (χ3v) is 3.52. The Morgan fingerprint density at radius 1 is 1.29 bits per heavy atom. The van der Waals surface area contributed by atoms with Gasteiger partial charge in [-0.05, 0) is 37.5 Å². The number of nitrogens with one attached hydrogen (secondary N) is 1. The lowest BCUT2D eigenvalue weighted by Crippen LogP contribution is -2.42. The van der Waals surface area contributed by atoms with Gasteiger partial charge in [0.05, 0.1) is 0 Å². The average Bonchev–Trinajstić information content (AvgIpc) is 2.29. The quantitative estimate of drug-likeness (QED) is 0.572. The van der Waals surface area contributed by atoms with Crippen molar-refractivity contribution in [3.63, 3.8) is 0 Å². The Balaban J connectivity index is 2.23. The SMILES string of the molecule is CCCC1CCC(NC(N)=NCC(C)C)CC1. The maximum atomic E-state index is 5.89. The number of hydrogen-bond donors (Lipinski definition) is 2. The van der Waals surface area contributed by atoms with Crippen molar-refractivity contribution in [1.82, 2.24) is 5.32 Å². The second kappa shape index (κ2) is 7.57. The Labute approximate surface area is 106 Å². The summed E-state index contributed by atoms with van der Waals surface area (Å²) in [5, 5.41) is 3.36. The van der Waals surface area contributed by atoms with Crippen molar-refractivity contribution < 1.29 is 0 Å². The topological polar surface area (TPSA) is 50.4 Å². The zero-order valence-corrected chi connectivity index (χ0v) is 11.7. The molecular weight excluding hydrogens is 210 g/mol. The smallest absolute Gasteiger partial charge is 0.188 e. The van der Waals surface area contributed by atoms with Gasteiger partial charge >= 0.3 is 0 Å². The molecule has 0 bridgehead atoms. The lowest BCUT2D eigenvalue weighted by Gasteiger charge is -2.29. The maximum Gasteiger partial charge on any atom is 0.188 e. The van der Waals surface area contributed by atoms with Crippen molar-refractivity contribution >= 4 is 5.96 Å². The fraction of sp³-hybridized carbons (Fsp3) is 0.929. The summed E-state index contributed by atoms with van der Waals surface area (Å²) in [5.74, 6) is 2.17. The van der Waals surface area contributed by atoms with E-state index in [2.05, 4.69) is 31.1 Å². The van der Waals surface area contributed by atoms with E-state index in [1.54, 1.807) is 0 Å². The summed E-state index contributed by atoms with van der Waals surface area (Å²) < 4.78 is 0. The first-order chi connectivity index (χ1) is 8.11. The molecule has 1 saturated carbocycles. The molecule has 1 aliphatic rings. The molecule has 0 aromatic heterocycles. The number of guanidine groups is 1. The number of nitrogens with zero attached hydrogens (tertiary/aromatic N) is 1. The van der Waals surface area contributed by atoms with E-state index in [1.807, 2.05) is 0 Å². The molecule has 3 N–H and O–H groups in total. The van der Waals surface area contributed by atoms with E-state index in [0.29, 0.717) is 17.9 Å². The van der Waals surface area contributed by atoms with E-state index in [-0.39, 0.29) is 0 Å². The van der Waals surface area contributed by atoms with Crippen LogP contribution < -0.4 is 11.1 Å². The fourth-order valence-corrected chi connectivity index (χ4v) is 2.54. The molecule has 0 unspecified atom stereocenters. The molecule has 0 aromatic carbocycles. The minimum Gasteiger partial charge on any atom is -0.370 e.